The van der Waals surface area contributed by atoms with Gasteiger partial charge in [0.25, 0.3) is 0 Å². The second kappa shape index (κ2) is 8.01. The van der Waals surface area contributed by atoms with Crippen LogP contribution in [-0.2, 0) is 17.6 Å². The summed E-state index contributed by atoms with van der Waals surface area (Å²) in [7, 11) is 0. The zero-order valence-electron chi connectivity index (χ0n) is 16.5. The molecule has 1 aromatic heterocycles. The summed E-state index contributed by atoms with van der Waals surface area (Å²) in [6, 6.07) is 19.4. The van der Waals surface area contributed by atoms with Crippen molar-refractivity contribution in [1.29, 1.82) is 0 Å². The number of ether oxygens (including phenoxy) is 1. The molecule has 2 aliphatic heterocycles. The molecule has 0 bridgehead atoms. The zero-order chi connectivity index (χ0) is 19.6. The van der Waals surface area contributed by atoms with E-state index in [9.17, 15) is 4.79 Å². The summed E-state index contributed by atoms with van der Waals surface area (Å²) in [6.07, 6.45) is 6.86. The van der Waals surface area contributed by atoms with Crippen molar-refractivity contribution in [2.45, 2.75) is 50.4 Å². The number of aromatic nitrogens is 2. The molecule has 3 aromatic rings. The van der Waals surface area contributed by atoms with E-state index in [-0.39, 0.29) is 24.0 Å². The molecule has 29 heavy (non-hydrogen) atoms. The maximum Gasteiger partial charge on any atom is 0.326 e. The SMILES string of the molecule is O=c1[nH]cc2n1C(Cc1cccc(-c3ccccc3)c1)C(NC1CCCO1)CC2. The molecule has 0 aliphatic carbocycles. The third kappa shape index (κ3) is 3.80. The van der Waals surface area contributed by atoms with Crippen LogP contribution in [0.5, 0.6) is 0 Å². The van der Waals surface area contributed by atoms with Crippen molar-refractivity contribution in [3.05, 3.63) is 82.5 Å². The van der Waals surface area contributed by atoms with Crippen molar-refractivity contribution in [3.8, 4) is 11.1 Å². The second-order valence-corrected chi connectivity index (χ2v) is 8.11. The summed E-state index contributed by atoms with van der Waals surface area (Å²) < 4.78 is 7.79. The monoisotopic (exact) mass is 389 g/mol. The molecule has 3 atom stereocenters. The van der Waals surface area contributed by atoms with Gasteiger partial charge in [-0.05, 0) is 48.8 Å². The third-order valence-electron chi connectivity index (χ3n) is 6.21. The van der Waals surface area contributed by atoms with Crippen LogP contribution < -0.4 is 11.0 Å². The highest BCUT2D eigenvalue weighted by Gasteiger charge is 2.33. The molecular formula is C24H27N3O2. The van der Waals surface area contributed by atoms with Crippen LogP contribution in [0, 0.1) is 0 Å². The van der Waals surface area contributed by atoms with E-state index < -0.39 is 0 Å². The van der Waals surface area contributed by atoms with Crippen LogP contribution in [0.1, 0.15) is 36.6 Å². The highest BCUT2D eigenvalue weighted by molar-refractivity contribution is 5.63. The van der Waals surface area contributed by atoms with Crippen LogP contribution in [0.2, 0.25) is 0 Å². The van der Waals surface area contributed by atoms with Gasteiger partial charge in [0.05, 0.1) is 6.04 Å². The first kappa shape index (κ1) is 18.4. The fourth-order valence-electron chi connectivity index (χ4n) is 4.77. The molecule has 0 spiro atoms. The summed E-state index contributed by atoms with van der Waals surface area (Å²) in [6.45, 7) is 0.823. The lowest BCUT2D eigenvalue weighted by molar-refractivity contribution is 0.0617. The number of imidazole rings is 1. The van der Waals surface area contributed by atoms with Crippen molar-refractivity contribution in [1.82, 2.24) is 14.9 Å². The lowest BCUT2D eigenvalue weighted by Crippen LogP contribution is -2.48. The third-order valence-corrected chi connectivity index (χ3v) is 6.21. The number of hydrogen-bond donors (Lipinski definition) is 2. The molecule has 3 unspecified atom stereocenters. The molecule has 3 heterocycles. The van der Waals surface area contributed by atoms with Gasteiger partial charge in [-0.2, -0.15) is 0 Å². The van der Waals surface area contributed by atoms with Gasteiger partial charge in [-0.25, -0.2) is 4.79 Å². The molecule has 0 radical (unpaired) electrons. The van der Waals surface area contributed by atoms with Crippen molar-refractivity contribution >= 4 is 0 Å². The Hall–Kier alpha value is -2.63. The molecule has 5 heteroatoms. The number of benzene rings is 2. The van der Waals surface area contributed by atoms with Crippen molar-refractivity contribution < 1.29 is 4.74 Å². The molecule has 5 nitrogen and oxygen atoms in total. The smallest absolute Gasteiger partial charge is 0.326 e. The summed E-state index contributed by atoms with van der Waals surface area (Å²) in [5.41, 5.74) is 4.76. The quantitative estimate of drug-likeness (QED) is 0.700. The fraction of sp³-hybridized carbons (Fsp3) is 0.375. The maximum absolute atomic E-state index is 12.6. The first-order valence-corrected chi connectivity index (χ1v) is 10.6. The van der Waals surface area contributed by atoms with Gasteiger partial charge in [0.15, 0.2) is 0 Å². The number of nitrogens with one attached hydrogen (secondary N) is 2. The lowest BCUT2D eigenvalue weighted by Gasteiger charge is -2.35. The molecule has 1 saturated heterocycles. The number of aromatic amines is 1. The molecule has 0 saturated carbocycles. The highest BCUT2D eigenvalue weighted by atomic mass is 16.5. The Morgan fingerprint density at radius 2 is 1.93 bits per heavy atom. The normalized spacial score (nSPS) is 23.8. The topological polar surface area (TPSA) is 59.0 Å². The van der Waals surface area contributed by atoms with Crippen LogP contribution in [0.25, 0.3) is 11.1 Å². The van der Waals surface area contributed by atoms with E-state index in [1.165, 1.54) is 16.7 Å². The lowest BCUT2D eigenvalue weighted by atomic mass is 9.90. The first-order chi connectivity index (χ1) is 14.3. The largest absolute Gasteiger partial charge is 0.363 e. The number of rotatable bonds is 5. The Bertz CT molecular complexity index is 1020. The van der Waals surface area contributed by atoms with Crippen molar-refractivity contribution in [2.24, 2.45) is 0 Å². The van der Waals surface area contributed by atoms with E-state index in [1.807, 2.05) is 16.8 Å². The van der Waals surface area contributed by atoms with E-state index >= 15 is 0 Å². The van der Waals surface area contributed by atoms with Crippen LogP contribution in [-0.4, -0.2) is 28.4 Å². The molecule has 150 valence electrons. The average Bonchev–Trinajstić information content (AvgIpc) is 3.41. The van der Waals surface area contributed by atoms with Crippen LogP contribution in [0.3, 0.4) is 0 Å². The van der Waals surface area contributed by atoms with Crippen LogP contribution >= 0.6 is 0 Å². The van der Waals surface area contributed by atoms with Gasteiger partial charge in [0.1, 0.15) is 6.23 Å². The van der Waals surface area contributed by atoms with Gasteiger partial charge in [-0.15, -0.1) is 0 Å². The summed E-state index contributed by atoms with van der Waals surface area (Å²) in [4.78, 5) is 15.5. The van der Waals surface area contributed by atoms with E-state index in [0.29, 0.717) is 0 Å². The Morgan fingerprint density at radius 1 is 1.07 bits per heavy atom. The van der Waals surface area contributed by atoms with Gasteiger partial charge in [-0.3, -0.25) is 9.88 Å². The predicted molar refractivity (Wildman–Crippen MR) is 114 cm³/mol. The van der Waals surface area contributed by atoms with Gasteiger partial charge < -0.3 is 9.72 Å². The second-order valence-electron chi connectivity index (χ2n) is 8.11. The van der Waals surface area contributed by atoms with E-state index in [1.54, 1.807) is 0 Å². The van der Waals surface area contributed by atoms with Crippen molar-refractivity contribution in [3.63, 3.8) is 0 Å². The molecule has 2 N–H and O–H groups in total. The zero-order valence-corrected chi connectivity index (χ0v) is 16.5. The Kier molecular flexibility index (Phi) is 5.08. The summed E-state index contributed by atoms with van der Waals surface area (Å²) >= 11 is 0. The van der Waals surface area contributed by atoms with Gasteiger partial charge >= 0.3 is 5.69 Å². The summed E-state index contributed by atoms with van der Waals surface area (Å²) in [5.74, 6) is 0. The number of hydrogen-bond acceptors (Lipinski definition) is 3. The Morgan fingerprint density at radius 3 is 2.76 bits per heavy atom. The Balaban J connectivity index is 1.45. The van der Waals surface area contributed by atoms with Gasteiger partial charge in [-0.1, -0.05) is 54.6 Å². The number of H-pyrrole nitrogens is 1. The highest BCUT2D eigenvalue weighted by Crippen LogP contribution is 2.29. The minimum absolute atomic E-state index is 0.0111. The van der Waals surface area contributed by atoms with E-state index in [2.05, 4.69) is 58.8 Å². The Labute approximate surface area is 170 Å². The molecule has 5 rings (SSSR count). The van der Waals surface area contributed by atoms with Gasteiger partial charge in [0.2, 0.25) is 0 Å². The van der Waals surface area contributed by atoms with E-state index in [4.69, 9.17) is 4.74 Å². The minimum Gasteiger partial charge on any atom is -0.363 e. The summed E-state index contributed by atoms with van der Waals surface area (Å²) in [5, 5.41) is 3.70. The predicted octanol–water partition coefficient (Wildman–Crippen LogP) is 3.67. The van der Waals surface area contributed by atoms with Crippen molar-refractivity contribution in [2.75, 3.05) is 6.61 Å². The number of nitrogens with zero attached hydrogens (tertiary/aromatic N) is 1. The minimum atomic E-state index is -0.0111. The maximum atomic E-state index is 12.6. The van der Waals surface area contributed by atoms with Gasteiger partial charge in [0, 0.05) is 24.5 Å². The molecule has 2 aromatic carbocycles. The van der Waals surface area contributed by atoms with E-state index in [0.717, 1.165) is 44.4 Å². The average molecular weight is 389 g/mol. The molecule has 0 amide bonds. The standard InChI is InChI=1S/C24H27N3O2/c28-24-25-16-20-11-12-21(26-23-10-5-13-29-23)22(27(20)24)15-17-6-4-9-19(14-17)18-7-2-1-3-8-18/h1-4,6-9,14,16,21-23,26H,5,10-13,15H2,(H,25,28). The number of fused-ring (bicyclic) bond motifs is 1. The first-order valence-electron chi connectivity index (χ1n) is 10.6. The fourth-order valence-corrected chi connectivity index (χ4v) is 4.77. The number of aryl methyl sites for hydroxylation is 1. The van der Waals surface area contributed by atoms with Crippen LogP contribution in [0.4, 0.5) is 0 Å². The molecule has 1 fully saturated rings. The molecular weight excluding hydrogens is 362 g/mol. The van der Waals surface area contributed by atoms with Crippen LogP contribution in [0.15, 0.2) is 65.6 Å². The molecule has 2 aliphatic rings.